The first-order valence-electron chi connectivity index (χ1n) is 6.40. The minimum Gasteiger partial charge on any atom is -0.438 e. The van der Waals surface area contributed by atoms with Crippen molar-refractivity contribution in [3.8, 4) is 0 Å². The van der Waals surface area contributed by atoms with Crippen LogP contribution in [0.25, 0.3) is 0 Å². The molecule has 2 heterocycles. The SMILES string of the molecule is C=C(N)C1CN(c2ccc3c(c2)NC(=O)CC3)C(=O)O1. The zero-order valence-electron chi connectivity index (χ0n) is 10.9. The highest BCUT2D eigenvalue weighted by Crippen LogP contribution is 2.30. The number of nitrogens with zero attached hydrogens (tertiary/aromatic N) is 1. The Hall–Kier alpha value is -2.50. The molecule has 3 N–H and O–H groups in total. The van der Waals surface area contributed by atoms with E-state index in [0.29, 0.717) is 30.8 Å². The first-order chi connectivity index (χ1) is 9.54. The third-order valence-corrected chi connectivity index (χ3v) is 3.53. The fourth-order valence-electron chi connectivity index (χ4n) is 2.39. The van der Waals surface area contributed by atoms with Crippen LogP contribution in [0.5, 0.6) is 0 Å². The molecule has 104 valence electrons. The summed E-state index contributed by atoms with van der Waals surface area (Å²) in [7, 11) is 0. The normalized spacial score (nSPS) is 21.2. The molecule has 1 unspecified atom stereocenters. The van der Waals surface area contributed by atoms with Gasteiger partial charge in [0.25, 0.3) is 0 Å². The van der Waals surface area contributed by atoms with Crippen molar-refractivity contribution in [2.24, 2.45) is 5.73 Å². The highest BCUT2D eigenvalue weighted by molar-refractivity contribution is 5.96. The van der Waals surface area contributed by atoms with E-state index in [0.717, 1.165) is 11.3 Å². The summed E-state index contributed by atoms with van der Waals surface area (Å²) >= 11 is 0. The molecule has 1 aromatic rings. The largest absolute Gasteiger partial charge is 0.438 e. The molecule has 2 aliphatic heterocycles. The highest BCUT2D eigenvalue weighted by atomic mass is 16.6. The van der Waals surface area contributed by atoms with Crippen molar-refractivity contribution in [2.45, 2.75) is 18.9 Å². The van der Waals surface area contributed by atoms with Crippen molar-refractivity contribution in [1.29, 1.82) is 0 Å². The van der Waals surface area contributed by atoms with Crippen LogP contribution >= 0.6 is 0 Å². The fourth-order valence-corrected chi connectivity index (χ4v) is 2.39. The number of anilines is 2. The number of aryl methyl sites for hydroxylation is 1. The Labute approximate surface area is 116 Å². The molecular formula is C14H15N3O3. The summed E-state index contributed by atoms with van der Waals surface area (Å²) < 4.78 is 5.13. The number of carbonyl (C=O) groups excluding carboxylic acids is 2. The van der Waals surface area contributed by atoms with Gasteiger partial charge in [-0.2, -0.15) is 0 Å². The van der Waals surface area contributed by atoms with Crippen LogP contribution in [0.15, 0.2) is 30.5 Å². The summed E-state index contributed by atoms with van der Waals surface area (Å²) in [4.78, 5) is 24.8. The molecule has 2 aliphatic rings. The third-order valence-electron chi connectivity index (χ3n) is 3.53. The highest BCUT2D eigenvalue weighted by Gasteiger charge is 2.33. The van der Waals surface area contributed by atoms with E-state index in [9.17, 15) is 9.59 Å². The second-order valence-electron chi connectivity index (χ2n) is 4.95. The molecule has 6 nitrogen and oxygen atoms in total. The number of hydrogen-bond acceptors (Lipinski definition) is 4. The Balaban J connectivity index is 1.88. The molecular weight excluding hydrogens is 258 g/mol. The Morgan fingerprint density at radius 1 is 1.40 bits per heavy atom. The number of nitrogens with one attached hydrogen (secondary N) is 1. The summed E-state index contributed by atoms with van der Waals surface area (Å²) in [6.45, 7) is 3.93. The van der Waals surface area contributed by atoms with E-state index >= 15 is 0 Å². The lowest BCUT2D eigenvalue weighted by Gasteiger charge is -2.20. The Morgan fingerprint density at radius 3 is 2.90 bits per heavy atom. The minimum atomic E-state index is -0.492. The van der Waals surface area contributed by atoms with Crippen molar-refractivity contribution in [2.75, 3.05) is 16.8 Å². The van der Waals surface area contributed by atoms with Crippen molar-refractivity contribution < 1.29 is 14.3 Å². The predicted molar refractivity (Wildman–Crippen MR) is 74.3 cm³/mol. The van der Waals surface area contributed by atoms with Gasteiger partial charge in [-0.25, -0.2) is 4.79 Å². The van der Waals surface area contributed by atoms with Crippen LogP contribution in [0, 0.1) is 0 Å². The average Bonchev–Trinajstić information content (AvgIpc) is 2.80. The standard InChI is InChI=1S/C14H15N3O3/c1-8(15)12-7-17(14(19)20-12)10-4-2-9-3-5-13(18)16-11(9)6-10/h2,4,6,12H,1,3,5,7,15H2,(H,16,18). The number of carbonyl (C=O) groups is 2. The molecule has 0 aliphatic carbocycles. The molecule has 0 bridgehead atoms. The van der Waals surface area contributed by atoms with Crippen LogP contribution < -0.4 is 16.0 Å². The molecule has 0 aromatic heterocycles. The molecule has 3 rings (SSSR count). The van der Waals surface area contributed by atoms with Crippen molar-refractivity contribution in [1.82, 2.24) is 0 Å². The average molecular weight is 273 g/mol. The summed E-state index contributed by atoms with van der Waals surface area (Å²) in [5.74, 6) is -0.00754. The fraction of sp³-hybridized carbons (Fsp3) is 0.286. The van der Waals surface area contributed by atoms with Crippen molar-refractivity contribution in [3.63, 3.8) is 0 Å². The molecule has 6 heteroatoms. The number of cyclic esters (lactones) is 1. The van der Waals surface area contributed by atoms with Crippen LogP contribution in [-0.2, 0) is 16.0 Å². The van der Waals surface area contributed by atoms with Gasteiger partial charge in [-0.05, 0) is 24.1 Å². The van der Waals surface area contributed by atoms with Gasteiger partial charge in [0, 0.05) is 23.5 Å². The molecule has 2 amide bonds. The van der Waals surface area contributed by atoms with E-state index in [1.165, 1.54) is 4.90 Å². The van der Waals surface area contributed by atoms with Crippen LogP contribution in [0.4, 0.5) is 16.2 Å². The van der Waals surface area contributed by atoms with Crippen LogP contribution in [0.2, 0.25) is 0 Å². The number of fused-ring (bicyclic) bond motifs is 1. The number of hydrogen-bond donors (Lipinski definition) is 2. The van der Waals surface area contributed by atoms with Crippen LogP contribution in [-0.4, -0.2) is 24.6 Å². The van der Waals surface area contributed by atoms with E-state index in [2.05, 4.69) is 11.9 Å². The topological polar surface area (TPSA) is 84.7 Å². The maximum Gasteiger partial charge on any atom is 0.415 e. The Kier molecular flexibility index (Phi) is 2.85. The Morgan fingerprint density at radius 2 is 2.20 bits per heavy atom. The zero-order chi connectivity index (χ0) is 14.3. The minimum absolute atomic E-state index is 0.00754. The molecule has 1 atom stereocenters. The first kappa shape index (κ1) is 12.5. The number of benzene rings is 1. The first-order valence-corrected chi connectivity index (χ1v) is 6.40. The van der Waals surface area contributed by atoms with E-state index < -0.39 is 12.2 Å². The predicted octanol–water partition coefficient (Wildman–Crippen LogP) is 1.37. The van der Waals surface area contributed by atoms with E-state index in [1.54, 1.807) is 6.07 Å². The van der Waals surface area contributed by atoms with Gasteiger partial charge in [0.2, 0.25) is 5.91 Å². The summed E-state index contributed by atoms with van der Waals surface area (Å²) in [5.41, 5.74) is 8.40. The van der Waals surface area contributed by atoms with Gasteiger partial charge in [0.1, 0.15) is 0 Å². The number of amides is 2. The summed E-state index contributed by atoms with van der Waals surface area (Å²) in [6, 6.07) is 5.55. The third kappa shape index (κ3) is 2.09. The van der Waals surface area contributed by atoms with Gasteiger partial charge in [-0.3, -0.25) is 9.69 Å². The van der Waals surface area contributed by atoms with Gasteiger partial charge >= 0.3 is 6.09 Å². The van der Waals surface area contributed by atoms with Crippen molar-refractivity contribution >= 4 is 23.4 Å². The summed E-state index contributed by atoms with van der Waals surface area (Å²) in [5, 5.41) is 2.81. The van der Waals surface area contributed by atoms with Crippen LogP contribution in [0.3, 0.4) is 0 Å². The molecule has 0 saturated carbocycles. The van der Waals surface area contributed by atoms with Gasteiger partial charge in [0.05, 0.1) is 6.54 Å². The lowest BCUT2D eigenvalue weighted by atomic mass is 10.0. The smallest absolute Gasteiger partial charge is 0.415 e. The Bertz CT molecular complexity index is 612. The van der Waals surface area contributed by atoms with E-state index in [4.69, 9.17) is 10.5 Å². The monoisotopic (exact) mass is 273 g/mol. The molecule has 0 spiro atoms. The molecule has 1 fully saturated rings. The van der Waals surface area contributed by atoms with Crippen molar-refractivity contribution in [3.05, 3.63) is 36.0 Å². The lowest BCUT2D eigenvalue weighted by molar-refractivity contribution is -0.116. The molecule has 1 saturated heterocycles. The molecule has 20 heavy (non-hydrogen) atoms. The van der Waals surface area contributed by atoms with Gasteiger partial charge < -0.3 is 15.8 Å². The maximum atomic E-state index is 11.8. The molecule has 0 radical (unpaired) electrons. The quantitative estimate of drug-likeness (QED) is 0.852. The summed E-state index contributed by atoms with van der Waals surface area (Å²) in [6.07, 6.45) is 0.262. The van der Waals surface area contributed by atoms with Gasteiger partial charge in [-0.1, -0.05) is 12.6 Å². The van der Waals surface area contributed by atoms with E-state index in [1.807, 2.05) is 12.1 Å². The number of ether oxygens (including phenoxy) is 1. The van der Waals surface area contributed by atoms with Gasteiger partial charge in [0.15, 0.2) is 6.10 Å². The second kappa shape index (κ2) is 4.56. The number of nitrogens with two attached hydrogens (primary N) is 1. The maximum absolute atomic E-state index is 11.8. The zero-order valence-corrected chi connectivity index (χ0v) is 10.9. The van der Waals surface area contributed by atoms with Gasteiger partial charge in [-0.15, -0.1) is 0 Å². The van der Waals surface area contributed by atoms with Crippen LogP contribution in [0.1, 0.15) is 12.0 Å². The second-order valence-corrected chi connectivity index (χ2v) is 4.95. The lowest BCUT2D eigenvalue weighted by Crippen LogP contribution is -2.26. The van der Waals surface area contributed by atoms with E-state index in [-0.39, 0.29) is 5.91 Å². The molecule has 1 aromatic carbocycles. The number of rotatable bonds is 2.